The molecule has 0 saturated heterocycles. The van der Waals surface area contributed by atoms with E-state index in [1.54, 1.807) is 0 Å². The van der Waals surface area contributed by atoms with Crippen molar-refractivity contribution in [2.75, 3.05) is 13.2 Å². The Hall–Kier alpha value is -1.02. The molecule has 84 valence electrons. The third-order valence-corrected chi connectivity index (χ3v) is 2.15. The summed E-state index contributed by atoms with van der Waals surface area (Å²) in [5.41, 5.74) is 0. The summed E-state index contributed by atoms with van der Waals surface area (Å²) < 4.78 is 5.66. The maximum absolute atomic E-state index is 5.66. The van der Waals surface area contributed by atoms with Crippen LogP contribution in [0.1, 0.15) is 20.8 Å². The number of hydrogen-bond acceptors (Lipinski definition) is 2. The van der Waals surface area contributed by atoms with Crippen molar-refractivity contribution in [3.05, 3.63) is 30.3 Å². The zero-order valence-electron chi connectivity index (χ0n) is 9.86. The van der Waals surface area contributed by atoms with Crippen molar-refractivity contribution in [2.45, 2.75) is 26.8 Å². The summed E-state index contributed by atoms with van der Waals surface area (Å²) in [7, 11) is 0. The van der Waals surface area contributed by atoms with Crippen LogP contribution in [0.3, 0.4) is 0 Å². The van der Waals surface area contributed by atoms with Crippen LogP contribution in [-0.4, -0.2) is 19.2 Å². The molecule has 0 amide bonds. The fourth-order valence-corrected chi connectivity index (χ4v) is 1.25. The van der Waals surface area contributed by atoms with Crippen molar-refractivity contribution in [3.63, 3.8) is 0 Å². The van der Waals surface area contributed by atoms with Gasteiger partial charge in [-0.25, -0.2) is 0 Å². The van der Waals surface area contributed by atoms with E-state index in [1.807, 2.05) is 30.3 Å². The second kappa shape index (κ2) is 6.46. The van der Waals surface area contributed by atoms with Crippen LogP contribution in [0.4, 0.5) is 0 Å². The van der Waals surface area contributed by atoms with Gasteiger partial charge in [0.25, 0.3) is 0 Å². The molecule has 1 aromatic carbocycles. The van der Waals surface area contributed by atoms with Crippen LogP contribution in [0, 0.1) is 5.92 Å². The molecular weight excluding hydrogens is 186 g/mol. The topological polar surface area (TPSA) is 21.3 Å². The quantitative estimate of drug-likeness (QED) is 0.774. The molecule has 0 aliphatic heterocycles. The zero-order valence-corrected chi connectivity index (χ0v) is 9.86. The second-order valence-electron chi connectivity index (χ2n) is 4.29. The Morgan fingerprint density at radius 1 is 1.13 bits per heavy atom. The van der Waals surface area contributed by atoms with Crippen LogP contribution >= 0.6 is 0 Å². The van der Waals surface area contributed by atoms with E-state index in [2.05, 4.69) is 26.1 Å². The average molecular weight is 207 g/mol. The molecule has 2 heteroatoms. The summed E-state index contributed by atoms with van der Waals surface area (Å²) in [6.45, 7) is 8.28. The minimum atomic E-state index is 0.535. The Balaban J connectivity index is 2.19. The number of rotatable bonds is 6. The van der Waals surface area contributed by atoms with Crippen molar-refractivity contribution in [2.24, 2.45) is 5.92 Å². The predicted octanol–water partition coefficient (Wildman–Crippen LogP) is 2.70. The molecule has 1 unspecified atom stereocenters. The Kier molecular flexibility index (Phi) is 5.19. The highest BCUT2D eigenvalue weighted by atomic mass is 16.5. The summed E-state index contributed by atoms with van der Waals surface area (Å²) in [6, 6.07) is 10.5. The van der Waals surface area contributed by atoms with E-state index in [1.165, 1.54) is 0 Å². The molecule has 0 fully saturated rings. The minimum Gasteiger partial charge on any atom is -0.493 e. The van der Waals surface area contributed by atoms with Crippen LogP contribution in [0.25, 0.3) is 0 Å². The zero-order chi connectivity index (χ0) is 11.1. The van der Waals surface area contributed by atoms with Crippen molar-refractivity contribution in [1.29, 1.82) is 0 Å². The second-order valence-corrected chi connectivity index (χ2v) is 4.29. The summed E-state index contributed by atoms with van der Waals surface area (Å²) >= 11 is 0. The molecule has 0 bridgehead atoms. The molecule has 1 aromatic rings. The summed E-state index contributed by atoms with van der Waals surface area (Å²) in [5, 5.41) is 3.40. The van der Waals surface area contributed by atoms with Gasteiger partial charge in [0.1, 0.15) is 5.75 Å². The van der Waals surface area contributed by atoms with Gasteiger partial charge in [0.2, 0.25) is 0 Å². The first kappa shape index (κ1) is 12.1. The standard InChI is InChI=1S/C13H21NO/c1-11(2)14-9-12(3)10-15-13-7-5-4-6-8-13/h4-8,11-12,14H,9-10H2,1-3H3. The first-order valence-corrected chi connectivity index (χ1v) is 5.59. The van der Waals surface area contributed by atoms with E-state index in [9.17, 15) is 0 Å². The lowest BCUT2D eigenvalue weighted by Gasteiger charge is -2.15. The van der Waals surface area contributed by atoms with Gasteiger partial charge in [0, 0.05) is 18.5 Å². The molecule has 1 N–H and O–H groups in total. The summed E-state index contributed by atoms with van der Waals surface area (Å²) in [4.78, 5) is 0. The monoisotopic (exact) mass is 207 g/mol. The maximum atomic E-state index is 5.66. The molecule has 0 radical (unpaired) electrons. The van der Waals surface area contributed by atoms with Gasteiger partial charge >= 0.3 is 0 Å². The third kappa shape index (κ3) is 5.43. The van der Waals surface area contributed by atoms with E-state index >= 15 is 0 Å². The fourth-order valence-electron chi connectivity index (χ4n) is 1.25. The van der Waals surface area contributed by atoms with Crippen LogP contribution in [-0.2, 0) is 0 Å². The molecule has 0 spiro atoms. The first-order chi connectivity index (χ1) is 7.18. The lowest BCUT2D eigenvalue weighted by atomic mass is 10.2. The average Bonchev–Trinajstić information content (AvgIpc) is 2.25. The van der Waals surface area contributed by atoms with Gasteiger partial charge in [-0.15, -0.1) is 0 Å². The van der Waals surface area contributed by atoms with Gasteiger partial charge < -0.3 is 10.1 Å². The Bertz CT molecular complexity index is 258. The van der Waals surface area contributed by atoms with Gasteiger partial charge in [0.15, 0.2) is 0 Å². The Labute approximate surface area is 92.6 Å². The van der Waals surface area contributed by atoms with Gasteiger partial charge in [-0.05, 0) is 12.1 Å². The van der Waals surface area contributed by atoms with Crippen LogP contribution < -0.4 is 10.1 Å². The first-order valence-electron chi connectivity index (χ1n) is 5.59. The molecule has 0 aliphatic carbocycles. The molecule has 0 aliphatic rings. The number of hydrogen-bond donors (Lipinski definition) is 1. The van der Waals surface area contributed by atoms with Crippen LogP contribution in [0.2, 0.25) is 0 Å². The number of benzene rings is 1. The van der Waals surface area contributed by atoms with Crippen LogP contribution in [0.15, 0.2) is 30.3 Å². The van der Waals surface area contributed by atoms with Gasteiger partial charge in [-0.3, -0.25) is 0 Å². The molecule has 2 nitrogen and oxygen atoms in total. The van der Waals surface area contributed by atoms with Crippen molar-refractivity contribution < 1.29 is 4.74 Å². The largest absolute Gasteiger partial charge is 0.493 e. The minimum absolute atomic E-state index is 0.535. The lowest BCUT2D eigenvalue weighted by Crippen LogP contribution is -2.30. The highest BCUT2D eigenvalue weighted by molar-refractivity contribution is 5.20. The van der Waals surface area contributed by atoms with Gasteiger partial charge in [-0.1, -0.05) is 39.0 Å². The highest BCUT2D eigenvalue weighted by Gasteiger charge is 2.03. The van der Waals surface area contributed by atoms with E-state index in [0.29, 0.717) is 12.0 Å². The van der Waals surface area contributed by atoms with E-state index in [-0.39, 0.29) is 0 Å². The van der Waals surface area contributed by atoms with E-state index < -0.39 is 0 Å². The van der Waals surface area contributed by atoms with Gasteiger partial charge in [0.05, 0.1) is 6.61 Å². The fraction of sp³-hybridized carbons (Fsp3) is 0.538. The predicted molar refractivity (Wildman–Crippen MR) is 64.2 cm³/mol. The third-order valence-electron chi connectivity index (χ3n) is 2.15. The maximum Gasteiger partial charge on any atom is 0.119 e. The molecule has 15 heavy (non-hydrogen) atoms. The van der Waals surface area contributed by atoms with E-state index in [4.69, 9.17) is 4.74 Å². The van der Waals surface area contributed by atoms with Crippen molar-refractivity contribution >= 4 is 0 Å². The van der Waals surface area contributed by atoms with E-state index in [0.717, 1.165) is 18.9 Å². The number of para-hydroxylation sites is 1. The number of nitrogens with one attached hydrogen (secondary N) is 1. The normalized spacial score (nSPS) is 12.8. The SMILES string of the molecule is CC(CNC(C)C)COc1ccccc1. The molecule has 0 heterocycles. The molecule has 0 saturated carbocycles. The molecule has 1 atom stereocenters. The molecular formula is C13H21NO. The van der Waals surface area contributed by atoms with Gasteiger partial charge in [-0.2, -0.15) is 0 Å². The Morgan fingerprint density at radius 3 is 2.40 bits per heavy atom. The lowest BCUT2D eigenvalue weighted by molar-refractivity contribution is 0.253. The number of ether oxygens (including phenoxy) is 1. The molecule has 0 aromatic heterocycles. The highest BCUT2D eigenvalue weighted by Crippen LogP contribution is 2.09. The summed E-state index contributed by atoms with van der Waals surface area (Å²) in [6.07, 6.45) is 0. The van der Waals surface area contributed by atoms with Crippen LogP contribution in [0.5, 0.6) is 5.75 Å². The van der Waals surface area contributed by atoms with Crippen molar-refractivity contribution in [3.8, 4) is 5.75 Å². The Morgan fingerprint density at radius 2 is 1.80 bits per heavy atom. The smallest absolute Gasteiger partial charge is 0.119 e. The summed E-state index contributed by atoms with van der Waals surface area (Å²) in [5.74, 6) is 1.49. The van der Waals surface area contributed by atoms with Crippen molar-refractivity contribution in [1.82, 2.24) is 5.32 Å². The molecule has 1 rings (SSSR count).